The monoisotopic (exact) mass is 556 g/mol. The second-order valence-electron chi connectivity index (χ2n) is 10.8. The Kier molecular flexibility index (Phi) is 6.95. The first kappa shape index (κ1) is 28.4. The maximum atomic E-state index is 14.9. The Labute approximate surface area is 219 Å². The molecule has 0 unspecified atom stereocenters. The van der Waals surface area contributed by atoms with Crippen molar-refractivity contribution in [3.63, 3.8) is 0 Å². The molecule has 7 nitrogen and oxygen atoms in total. The van der Waals surface area contributed by atoms with Crippen molar-refractivity contribution >= 4 is 22.8 Å². The highest BCUT2D eigenvalue weighted by molar-refractivity contribution is 5.97. The lowest BCUT2D eigenvalue weighted by atomic mass is 9.86. The minimum absolute atomic E-state index is 0.285. The summed E-state index contributed by atoms with van der Waals surface area (Å²) in [6.07, 6.45) is -4.15. The zero-order valence-corrected chi connectivity index (χ0v) is 21.7. The Morgan fingerprint density at radius 3 is 2.21 bits per heavy atom. The fraction of sp³-hybridized carbons (Fsp3) is 0.423. The van der Waals surface area contributed by atoms with Gasteiger partial charge in [0.1, 0.15) is 28.9 Å². The van der Waals surface area contributed by atoms with Crippen LogP contribution < -0.4 is 15.6 Å². The molecule has 1 saturated heterocycles. The quantitative estimate of drug-likeness (QED) is 0.460. The van der Waals surface area contributed by atoms with Gasteiger partial charge in [0, 0.05) is 38.5 Å². The second-order valence-corrected chi connectivity index (χ2v) is 10.8. The van der Waals surface area contributed by atoms with Crippen LogP contribution in [0.2, 0.25) is 0 Å². The third-order valence-corrected chi connectivity index (χ3v) is 6.64. The maximum Gasteiger partial charge on any atom is 0.409 e. The van der Waals surface area contributed by atoms with Gasteiger partial charge in [0.15, 0.2) is 17.3 Å². The Morgan fingerprint density at radius 1 is 1.10 bits per heavy atom. The standard InChI is InChI=1S/C26H26F6N4O3/c1-24(2,3)23(26(30,31)32)34-22(38)15-10-36(19-16(28)8-13(27)9-17(19)29)21-14(20(15)37)6-7-18(33-21)35-11-25(4,12-35)39-5/h6-10,23H,11-12H2,1-5H3,(H,34,38)/t23-/m0/s1. The average molecular weight is 557 g/mol. The highest BCUT2D eigenvalue weighted by Gasteiger charge is 2.48. The van der Waals surface area contributed by atoms with Crippen molar-refractivity contribution in [1.29, 1.82) is 0 Å². The molecule has 0 spiro atoms. The summed E-state index contributed by atoms with van der Waals surface area (Å²) in [7, 11) is 1.54. The molecule has 4 rings (SSSR count). The van der Waals surface area contributed by atoms with Crippen molar-refractivity contribution in [3.05, 3.63) is 63.7 Å². The second kappa shape index (κ2) is 9.54. The van der Waals surface area contributed by atoms with E-state index in [1.807, 2.05) is 12.2 Å². The lowest BCUT2D eigenvalue weighted by molar-refractivity contribution is -0.174. The van der Waals surface area contributed by atoms with Crippen LogP contribution in [0.1, 0.15) is 38.1 Å². The molecule has 39 heavy (non-hydrogen) atoms. The summed E-state index contributed by atoms with van der Waals surface area (Å²) in [6, 6.07) is 1.15. The number of carbonyl (C=O) groups excluding carboxylic acids is 1. The van der Waals surface area contributed by atoms with E-state index in [2.05, 4.69) is 4.98 Å². The molecule has 0 aliphatic carbocycles. The number of alkyl halides is 3. The molecule has 0 saturated carbocycles. The van der Waals surface area contributed by atoms with E-state index in [0.29, 0.717) is 37.2 Å². The summed E-state index contributed by atoms with van der Waals surface area (Å²) in [5, 5.41) is 1.54. The van der Waals surface area contributed by atoms with Crippen LogP contribution in [0.5, 0.6) is 0 Å². The lowest BCUT2D eigenvalue weighted by Crippen LogP contribution is -2.61. The van der Waals surface area contributed by atoms with Crippen LogP contribution in [0.25, 0.3) is 16.7 Å². The van der Waals surface area contributed by atoms with Crippen molar-refractivity contribution in [3.8, 4) is 5.69 Å². The predicted octanol–water partition coefficient (Wildman–Crippen LogP) is 4.73. The number of benzene rings is 1. The van der Waals surface area contributed by atoms with Crippen LogP contribution >= 0.6 is 0 Å². The summed E-state index contributed by atoms with van der Waals surface area (Å²) in [4.78, 5) is 32.5. The van der Waals surface area contributed by atoms with Crippen LogP contribution in [0.3, 0.4) is 0 Å². The third-order valence-electron chi connectivity index (χ3n) is 6.64. The summed E-state index contributed by atoms with van der Waals surface area (Å²) >= 11 is 0. The van der Waals surface area contributed by atoms with E-state index in [0.717, 1.165) is 4.57 Å². The largest absolute Gasteiger partial charge is 0.409 e. The molecular formula is C26H26F6N4O3. The number of carbonyl (C=O) groups is 1. The number of anilines is 1. The summed E-state index contributed by atoms with van der Waals surface area (Å²) in [5.41, 5.74) is -4.91. The predicted molar refractivity (Wildman–Crippen MR) is 132 cm³/mol. The van der Waals surface area contributed by atoms with Gasteiger partial charge < -0.3 is 15.0 Å². The van der Waals surface area contributed by atoms with Gasteiger partial charge in [0.2, 0.25) is 5.43 Å². The molecule has 1 N–H and O–H groups in total. The van der Waals surface area contributed by atoms with E-state index < -0.39 is 63.3 Å². The van der Waals surface area contributed by atoms with E-state index >= 15 is 0 Å². The number of pyridine rings is 2. The number of nitrogens with zero attached hydrogens (tertiary/aromatic N) is 3. The Hall–Kier alpha value is -3.61. The van der Waals surface area contributed by atoms with Gasteiger partial charge >= 0.3 is 6.18 Å². The normalized spacial score (nSPS) is 16.2. The van der Waals surface area contributed by atoms with E-state index in [-0.39, 0.29) is 11.0 Å². The smallest absolute Gasteiger partial charge is 0.375 e. The minimum Gasteiger partial charge on any atom is -0.375 e. The topological polar surface area (TPSA) is 76.5 Å². The third kappa shape index (κ3) is 5.32. The number of amides is 1. The number of methoxy groups -OCH3 is 1. The molecule has 0 bridgehead atoms. The van der Waals surface area contributed by atoms with Crippen molar-refractivity contribution < 1.29 is 35.9 Å². The van der Waals surface area contributed by atoms with E-state index in [4.69, 9.17) is 4.74 Å². The number of hydrogen-bond acceptors (Lipinski definition) is 5. The first-order valence-electron chi connectivity index (χ1n) is 11.8. The molecule has 3 aromatic rings. The zero-order valence-electron chi connectivity index (χ0n) is 21.7. The Morgan fingerprint density at radius 2 is 1.69 bits per heavy atom. The van der Waals surface area contributed by atoms with Gasteiger partial charge in [0.05, 0.1) is 11.0 Å². The Bertz CT molecular complexity index is 1470. The molecule has 210 valence electrons. The van der Waals surface area contributed by atoms with Gasteiger partial charge in [0.25, 0.3) is 5.91 Å². The first-order valence-corrected chi connectivity index (χ1v) is 11.8. The number of hydrogen-bond donors (Lipinski definition) is 1. The number of nitrogens with one attached hydrogen (secondary N) is 1. The van der Waals surface area contributed by atoms with E-state index in [1.165, 1.54) is 32.9 Å². The van der Waals surface area contributed by atoms with E-state index in [9.17, 15) is 35.9 Å². The molecule has 13 heteroatoms. The molecule has 2 aromatic heterocycles. The van der Waals surface area contributed by atoms with Crippen molar-refractivity contribution in [2.24, 2.45) is 5.41 Å². The number of halogens is 6. The SMILES string of the molecule is COC1(C)CN(c2ccc3c(=O)c(C(=O)N[C@@H](C(C)(C)C)C(F)(F)F)cn(-c4c(F)cc(F)cc4F)c3n2)C1. The molecule has 1 amide bonds. The van der Waals surface area contributed by atoms with Crippen molar-refractivity contribution in [1.82, 2.24) is 14.9 Å². The van der Waals surface area contributed by atoms with E-state index in [1.54, 1.807) is 12.0 Å². The summed E-state index contributed by atoms with van der Waals surface area (Å²) in [6.45, 7) is 6.45. The van der Waals surface area contributed by atoms with Crippen molar-refractivity contribution in [2.45, 2.75) is 45.5 Å². The van der Waals surface area contributed by atoms with Gasteiger partial charge in [-0.15, -0.1) is 0 Å². The number of fused-ring (bicyclic) bond motifs is 1. The molecule has 1 aliphatic heterocycles. The molecule has 1 fully saturated rings. The minimum atomic E-state index is -4.86. The molecule has 1 atom stereocenters. The van der Waals surface area contributed by atoms with Crippen LogP contribution in [0.4, 0.5) is 32.2 Å². The molecule has 0 radical (unpaired) electrons. The van der Waals surface area contributed by atoms with Crippen LogP contribution in [-0.2, 0) is 4.74 Å². The first-order chi connectivity index (χ1) is 17.9. The fourth-order valence-corrected chi connectivity index (χ4v) is 4.52. The fourth-order valence-electron chi connectivity index (χ4n) is 4.52. The van der Waals surface area contributed by atoms with Gasteiger partial charge in [-0.25, -0.2) is 18.2 Å². The highest BCUT2D eigenvalue weighted by atomic mass is 19.4. The highest BCUT2D eigenvalue weighted by Crippen LogP contribution is 2.34. The molecule has 1 aliphatic rings. The van der Waals surface area contributed by atoms with Crippen LogP contribution in [0.15, 0.2) is 35.3 Å². The van der Waals surface area contributed by atoms with Gasteiger partial charge in [-0.05, 0) is 24.5 Å². The average Bonchev–Trinajstić information content (AvgIpc) is 2.79. The molecule has 3 heterocycles. The Balaban J connectivity index is 1.92. The van der Waals surface area contributed by atoms with Gasteiger partial charge in [-0.2, -0.15) is 13.2 Å². The van der Waals surface area contributed by atoms with Crippen LogP contribution in [0, 0.1) is 22.9 Å². The maximum absolute atomic E-state index is 14.9. The molecular weight excluding hydrogens is 530 g/mol. The zero-order chi connectivity index (χ0) is 29.1. The summed E-state index contributed by atoms with van der Waals surface area (Å²) < 4.78 is 90.7. The number of ether oxygens (including phenoxy) is 1. The number of aromatic nitrogens is 2. The summed E-state index contributed by atoms with van der Waals surface area (Å²) in [5.74, 6) is -5.07. The molecule has 1 aromatic carbocycles. The van der Waals surface area contributed by atoms with Gasteiger partial charge in [-0.1, -0.05) is 20.8 Å². The van der Waals surface area contributed by atoms with Crippen LogP contribution in [-0.4, -0.2) is 53.5 Å². The van der Waals surface area contributed by atoms with Crippen molar-refractivity contribution in [2.75, 3.05) is 25.1 Å². The lowest BCUT2D eigenvalue weighted by Gasteiger charge is -2.47. The van der Waals surface area contributed by atoms with Gasteiger partial charge in [-0.3, -0.25) is 14.2 Å². The number of rotatable bonds is 5.